The van der Waals surface area contributed by atoms with Crippen molar-refractivity contribution in [2.75, 3.05) is 0 Å². The fourth-order valence-electron chi connectivity index (χ4n) is 1.49. The van der Waals surface area contributed by atoms with E-state index < -0.39 is 0 Å². The summed E-state index contributed by atoms with van der Waals surface area (Å²) in [4.78, 5) is 0. The molecule has 100 valence electrons. The zero-order valence-electron chi connectivity index (χ0n) is 11.8. The van der Waals surface area contributed by atoms with Crippen molar-refractivity contribution in [2.45, 2.75) is 20.5 Å². The standard InChI is InChI=1S/C16H11NO.C2H6/c1-2-13-7-9-16(10-8-13)18-12-15-5-3-14(11-17)4-6-15;1-2/h1,3-10H,12H2;1-2H3. The number of nitriles is 1. The van der Waals surface area contributed by atoms with E-state index in [1.54, 1.807) is 12.1 Å². The molecule has 0 N–H and O–H groups in total. The molecular weight excluding hydrogens is 246 g/mol. The molecule has 0 spiro atoms. The molecule has 2 rings (SSSR count). The second kappa shape index (κ2) is 8.40. The lowest BCUT2D eigenvalue weighted by atomic mass is 10.1. The Hall–Kier alpha value is -2.71. The molecule has 0 aliphatic rings. The number of hydrogen-bond acceptors (Lipinski definition) is 2. The molecule has 0 saturated carbocycles. The summed E-state index contributed by atoms with van der Waals surface area (Å²) in [6.07, 6.45) is 5.28. The van der Waals surface area contributed by atoms with Crippen LogP contribution in [0, 0.1) is 23.7 Å². The summed E-state index contributed by atoms with van der Waals surface area (Å²) in [6.45, 7) is 4.47. The van der Waals surface area contributed by atoms with E-state index in [2.05, 4.69) is 12.0 Å². The minimum Gasteiger partial charge on any atom is -0.489 e. The third kappa shape index (κ3) is 4.52. The minimum absolute atomic E-state index is 0.473. The lowest BCUT2D eigenvalue weighted by Crippen LogP contribution is -1.95. The molecule has 0 heterocycles. The van der Waals surface area contributed by atoms with E-state index in [0.717, 1.165) is 16.9 Å². The zero-order chi connectivity index (χ0) is 14.8. The first-order chi connectivity index (χ1) is 9.81. The number of ether oxygens (including phenoxy) is 1. The molecule has 0 aliphatic carbocycles. The van der Waals surface area contributed by atoms with Crippen LogP contribution in [0.3, 0.4) is 0 Å². The molecule has 2 aromatic carbocycles. The van der Waals surface area contributed by atoms with Crippen LogP contribution in [0.25, 0.3) is 0 Å². The van der Waals surface area contributed by atoms with Crippen LogP contribution in [-0.4, -0.2) is 0 Å². The van der Waals surface area contributed by atoms with E-state index in [-0.39, 0.29) is 0 Å². The molecule has 2 heteroatoms. The Balaban J connectivity index is 0.000000956. The van der Waals surface area contributed by atoms with Gasteiger partial charge in [0.1, 0.15) is 12.4 Å². The predicted octanol–water partition coefficient (Wildman–Crippen LogP) is 4.14. The smallest absolute Gasteiger partial charge is 0.119 e. The van der Waals surface area contributed by atoms with Crippen molar-refractivity contribution in [2.24, 2.45) is 0 Å². The van der Waals surface area contributed by atoms with Gasteiger partial charge in [-0.05, 0) is 42.0 Å². The molecule has 0 bridgehead atoms. The molecule has 0 unspecified atom stereocenters. The molecule has 0 saturated heterocycles. The fourth-order valence-corrected chi connectivity index (χ4v) is 1.49. The highest BCUT2D eigenvalue weighted by molar-refractivity contribution is 5.37. The van der Waals surface area contributed by atoms with Gasteiger partial charge in [-0.1, -0.05) is 31.9 Å². The number of terminal acetylenes is 1. The molecule has 0 amide bonds. The summed E-state index contributed by atoms with van der Waals surface area (Å²) in [6, 6.07) is 16.8. The second-order valence-electron chi connectivity index (χ2n) is 3.77. The Kier molecular flexibility index (Phi) is 6.45. The lowest BCUT2D eigenvalue weighted by molar-refractivity contribution is 0.306. The highest BCUT2D eigenvalue weighted by Gasteiger charge is 1.97. The summed E-state index contributed by atoms with van der Waals surface area (Å²) in [5.41, 5.74) is 2.51. The van der Waals surface area contributed by atoms with Crippen LogP contribution in [0.4, 0.5) is 0 Å². The molecule has 20 heavy (non-hydrogen) atoms. The van der Waals surface area contributed by atoms with Crippen LogP contribution in [-0.2, 0) is 6.61 Å². The van der Waals surface area contributed by atoms with Gasteiger partial charge >= 0.3 is 0 Å². The number of hydrogen-bond donors (Lipinski definition) is 0. The van der Waals surface area contributed by atoms with Crippen molar-refractivity contribution < 1.29 is 4.74 Å². The molecule has 0 aliphatic heterocycles. The zero-order valence-corrected chi connectivity index (χ0v) is 11.8. The van der Waals surface area contributed by atoms with E-state index in [9.17, 15) is 0 Å². The molecular formula is C18H17NO. The summed E-state index contributed by atoms with van der Waals surface area (Å²) in [7, 11) is 0. The monoisotopic (exact) mass is 263 g/mol. The van der Waals surface area contributed by atoms with Crippen molar-refractivity contribution in [3.05, 3.63) is 65.2 Å². The van der Waals surface area contributed by atoms with Crippen molar-refractivity contribution in [1.29, 1.82) is 5.26 Å². The van der Waals surface area contributed by atoms with Crippen LogP contribution in [0.2, 0.25) is 0 Å². The van der Waals surface area contributed by atoms with Crippen LogP contribution < -0.4 is 4.74 Å². The van der Waals surface area contributed by atoms with Gasteiger partial charge in [0.15, 0.2) is 0 Å². The van der Waals surface area contributed by atoms with Crippen molar-refractivity contribution in [1.82, 2.24) is 0 Å². The average Bonchev–Trinajstić information content (AvgIpc) is 2.55. The molecule has 0 aromatic heterocycles. The Morgan fingerprint density at radius 3 is 2.00 bits per heavy atom. The van der Waals surface area contributed by atoms with Gasteiger partial charge in [0.25, 0.3) is 0 Å². The van der Waals surface area contributed by atoms with Crippen LogP contribution in [0.5, 0.6) is 5.75 Å². The molecule has 2 nitrogen and oxygen atoms in total. The van der Waals surface area contributed by atoms with Crippen molar-refractivity contribution >= 4 is 0 Å². The summed E-state index contributed by atoms with van der Waals surface area (Å²) < 4.78 is 5.61. The largest absolute Gasteiger partial charge is 0.489 e. The van der Waals surface area contributed by atoms with E-state index >= 15 is 0 Å². The Morgan fingerprint density at radius 1 is 0.950 bits per heavy atom. The van der Waals surface area contributed by atoms with Crippen LogP contribution in [0.15, 0.2) is 48.5 Å². The molecule has 0 atom stereocenters. The third-order valence-electron chi connectivity index (χ3n) is 2.51. The Labute approximate surface area is 120 Å². The first-order valence-electron chi connectivity index (χ1n) is 6.50. The summed E-state index contributed by atoms with van der Waals surface area (Å²) in [5, 5.41) is 8.69. The van der Waals surface area contributed by atoms with Gasteiger partial charge in [0.2, 0.25) is 0 Å². The minimum atomic E-state index is 0.473. The van der Waals surface area contributed by atoms with Gasteiger partial charge in [-0.15, -0.1) is 6.42 Å². The summed E-state index contributed by atoms with van der Waals surface area (Å²) in [5.74, 6) is 3.33. The first kappa shape index (κ1) is 15.3. The van der Waals surface area contributed by atoms with Gasteiger partial charge in [0.05, 0.1) is 11.6 Å². The van der Waals surface area contributed by atoms with Crippen molar-refractivity contribution in [3.63, 3.8) is 0 Å². The SMILES string of the molecule is C#Cc1ccc(OCc2ccc(C#N)cc2)cc1.CC. The van der Waals surface area contributed by atoms with Crippen LogP contribution >= 0.6 is 0 Å². The maximum atomic E-state index is 8.69. The van der Waals surface area contributed by atoms with Crippen molar-refractivity contribution in [3.8, 4) is 24.2 Å². The lowest BCUT2D eigenvalue weighted by Gasteiger charge is -2.06. The number of benzene rings is 2. The highest BCUT2D eigenvalue weighted by Crippen LogP contribution is 2.14. The predicted molar refractivity (Wildman–Crippen MR) is 81.2 cm³/mol. The average molecular weight is 263 g/mol. The molecule has 0 radical (unpaired) electrons. The van der Waals surface area contributed by atoms with E-state index in [0.29, 0.717) is 12.2 Å². The maximum absolute atomic E-state index is 8.69. The van der Waals surface area contributed by atoms with Gasteiger partial charge in [0, 0.05) is 5.56 Å². The first-order valence-corrected chi connectivity index (χ1v) is 6.50. The van der Waals surface area contributed by atoms with Crippen LogP contribution in [0.1, 0.15) is 30.5 Å². The normalized spacial score (nSPS) is 8.60. The van der Waals surface area contributed by atoms with Gasteiger partial charge in [-0.25, -0.2) is 0 Å². The fraction of sp³-hybridized carbons (Fsp3) is 0.167. The molecule has 0 fully saturated rings. The van der Waals surface area contributed by atoms with Gasteiger partial charge < -0.3 is 4.74 Å². The van der Waals surface area contributed by atoms with Gasteiger partial charge in [-0.3, -0.25) is 0 Å². The second-order valence-corrected chi connectivity index (χ2v) is 3.77. The number of rotatable bonds is 3. The Morgan fingerprint density at radius 2 is 1.50 bits per heavy atom. The quantitative estimate of drug-likeness (QED) is 0.779. The maximum Gasteiger partial charge on any atom is 0.119 e. The topological polar surface area (TPSA) is 33.0 Å². The summed E-state index contributed by atoms with van der Waals surface area (Å²) >= 11 is 0. The van der Waals surface area contributed by atoms with E-state index in [4.69, 9.17) is 16.4 Å². The third-order valence-corrected chi connectivity index (χ3v) is 2.51. The molecule has 2 aromatic rings. The van der Waals surface area contributed by atoms with E-state index in [1.165, 1.54) is 0 Å². The van der Waals surface area contributed by atoms with Gasteiger partial charge in [-0.2, -0.15) is 5.26 Å². The highest BCUT2D eigenvalue weighted by atomic mass is 16.5. The Bertz CT molecular complexity index is 540. The van der Waals surface area contributed by atoms with E-state index in [1.807, 2.05) is 50.2 Å². The number of nitrogens with zero attached hydrogens (tertiary/aromatic N) is 1.